The highest BCUT2D eigenvalue weighted by atomic mass is 19.4. The summed E-state index contributed by atoms with van der Waals surface area (Å²) in [6.07, 6.45) is -8.16. The van der Waals surface area contributed by atoms with Crippen molar-refractivity contribution in [1.29, 1.82) is 0 Å². The molecular formula is C27H29F8N3O3. The normalized spacial score (nSPS) is 30.2. The summed E-state index contributed by atoms with van der Waals surface area (Å²) >= 11 is 0. The lowest BCUT2D eigenvalue weighted by atomic mass is 9.53. The van der Waals surface area contributed by atoms with Crippen LogP contribution in [0.4, 0.5) is 40.8 Å². The van der Waals surface area contributed by atoms with Crippen molar-refractivity contribution in [3.8, 4) is 0 Å². The van der Waals surface area contributed by atoms with Crippen LogP contribution in [0.25, 0.3) is 0 Å². The zero-order chi connectivity index (χ0) is 30.1. The first-order valence-corrected chi connectivity index (χ1v) is 13.3. The number of amides is 1. The van der Waals surface area contributed by atoms with E-state index in [-0.39, 0.29) is 24.5 Å². The van der Waals surface area contributed by atoms with E-state index in [1.807, 2.05) is 0 Å². The lowest BCUT2D eigenvalue weighted by molar-refractivity contribution is -0.298. The van der Waals surface area contributed by atoms with Crippen LogP contribution in [0, 0.1) is 11.3 Å². The van der Waals surface area contributed by atoms with Crippen molar-refractivity contribution >= 4 is 11.6 Å². The fourth-order valence-electron chi connectivity index (χ4n) is 6.59. The Labute approximate surface area is 230 Å². The van der Waals surface area contributed by atoms with Gasteiger partial charge in [0.1, 0.15) is 0 Å². The number of fused-ring (bicyclic) bond motifs is 3. The standard InChI is InChI=1S/C27H29F8N3O3/c1-22(28,29)21-36-20(37-41-21)24-8-5-23(6-9-24,7-10-24)15-38(18-4-2-3-17(12-18)26(30,31)32)19(39)11-16-13-25(40,14-16)27(33,34)35/h2-4,12,16,40H,5-11,13-15H2,1H3. The highest BCUT2D eigenvalue weighted by Gasteiger charge is 2.61. The highest BCUT2D eigenvalue weighted by Crippen LogP contribution is 2.58. The third kappa shape index (κ3) is 5.55. The largest absolute Gasteiger partial charge is 0.417 e. The molecule has 2 bridgehead atoms. The molecule has 1 heterocycles. The first-order valence-electron chi connectivity index (χ1n) is 13.3. The van der Waals surface area contributed by atoms with Crippen LogP contribution in [0.15, 0.2) is 28.8 Å². The lowest BCUT2D eigenvalue weighted by Crippen LogP contribution is -2.56. The SMILES string of the molecule is CC(F)(F)c1nc(C23CCC(CN(C(=O)CC4CC(O)(C(F)(F)F)C4)c4cccc(C(F)(F)F)c4)(CC2)CC3)no1. The molecule has 14 heteroatoms. The van der Waals surface area contributed by atoms with E-state index in [0.717, 1.165) is 12.1 Å². The number of aliphatic hydroxyl groups is 1. The number of halogens is 8. The molecule has 0 aliphatic heterocycles. The Balaban J connectivity index is 1.35. The summed E-state index contributed by atoms with van der Waals surface area (Å²) in [6.45, 7) is 0.700. The molecule has 2 aromatic rings. The summed E-state index contributed by atoms with van der Waals surface area (Å²) in [4.78, 5) is 18.6. The van der Waals surface area contributed by atoms with Crippen molar-refractivity contribution in [3.05, 3.63) is 41.5 Å². The molecule has 6 nitrogen and oxygen atoms in total. The van der Waals surface area contributed by atoms with Gasteiger partial charge in [0.05, 0.1) is 5.56 Å². The van der Waals surface area contributed by atoms with E-state index in [2.05, 4.69) is 10.1 Å². The molecule has 4 aliphatic carbocycles. The maximum atomic E-state index is 13.7. The van der Waals surface area contributed by atoms with Crippen LogP contribution in [0.5, 0.6) is 0 Å². The summed E-state index contributed by atoms with van der Waals surface area (Å²) in [6, 6.07) is 4.25. The summed E-state index contributed by atoms with van der Waals surface area (Å²) in [5, 5.41) is 13.6. The molecule has 0 spiro atoms. The average Bonchev–Trinajstić information content (AvgIpc) is 3.38. The Morgan fingerprint density at radius 2 is 1.63 bits per heavy atom. The fraction of sp³-hybridized carbons (Fsp3) is 0.667. The summed E-state index contributed by atoms with van der Waals surface area (Å²) in [5.74, 6) is -5.27. The number of rotatable bonds is 7. The number of benzene rings is 1. The fourth-order valence-corrected chi connectivity index (χ4v) is 6.59. The molecule has 4 fully saturated rings. The summed E-state index contributed by atoms with van der Waals surface area (Å²) in [7, 11) is 0. The van der Waals surface area contributed by atoms with Crippen LogP contribution in [0.2, 0.25) is 0 Å². The number of alkyl halides is 8. The highest BCUT2D eigenvalue weighted by molar-refractivity contribution is 5.93. The topological polar surface area (TPSA) is 79.5 Å². The van der Waals surface area contributed by atoms with Gasteiger partial charge in [0, 0.05) is 31.0 Å². The molecule has 41 heavy (non-hydrogen) atoms. The lowest BCUT2D eigenvalue weighted by Gasteiger charge is -2.53. The Bertz CT molecular complexity index is 1270. The van der Waals surface area contributed by atoms with Gasteiger partial charge in [-0.05, 0) is 80.9 Å². The Morgan fingerprint density at radius 1 is 1.02 bits per heavy atom. The molecule has 0 radical (unpaired) electrons. The number of hydrogen-bond acceptors (Lipinski definition) is 5. The van der Waals surface area contributed by atoms with Gasteiger partial charge >= 0.3 is 18.3 Å². The van der Waals surface area contributed by atoms with E-state index in [9.17, 15) is 45.0 Å². The van der Waals surface area contributed by atoms with Crippen molar-refractivity contribution in [2.45, 2.75) is 94.0 Å². The molecule has 6 rings (SSSR count). The molecule has 1 N–H and O–H groups in total. The van der Waals surface area contributed by atoms with E-state index in [0.29, 0.717) is 45.4 Å². The third-order valence-electron chi connectivity index (χ3n) is 9.20. The van der Waals surface area contributed by atoms with Crippen molar-refractivity contribution in [1.82, 2.24) is 10.1 Å². The van der Waals surface area contributed by atoms with Crippen molar-refractivity contribution in [2.24, 2.45) is 11.3 Å². The molecule has 0 unspecified atom stereocenters. The molecule has 1 aromatic heterocycles. The zero-order valence-corrected chi connectivity index (χ0v) is 22.1. The second-order valence-electron chi connectivity index (χ2n) is 12.1. The number of carbonyl (C=O) groups is 1. The van der Waals surface area contributed by atoms with Gasteiger partial charge in [-0.25, -0.2) is 0 Å². The second-order valence-corrected chi connectivity index (χ2v) is 12.1. The van der Waals surface area contributed by atoms with Crippen LogP contribution < -0.4 is 4.90 Å². The summed E-state index contributed by atoms with van der Waals surface area (Å²) < 4.78 is 112. The van der Waals surface area contributed by atoms with Crippen LogP contribution in [0.3, 0.4) is 0 Å². The minimum Gasteiger partial charge on any atom is -0.380 e. The zero-order valence-electron chi connectivity index (χ0n) is 22.1. The van der Waals surface area contributed by atoms with Crippen LogP contribution >= 0.6 is 0 Å². The van der Waals surface area contributed by atoms with Crippen LogP contribution in [-0.4, -0.2) is 39.5 Å². The number of anilines is 1. The maximum Gasteiger partial charge on any atom is 0.417 e. The van der Waals surface area contributed by atoms with Crippen LogP contribution in [-0.2, 0) is 22.3 Å². The molecule has 4 aliphatic rings. The van der Waals surface area contributed by atoms with Gasteiger partial charge in [0.25, 0.3) is 5.89 Å². The van der Waals surface area contributed by atoms with Gasteiger partial charge in [-0.2, -0.15) is 40.1 Å². The molecule has 1 aromatic carbocycles. The number of hydrogen-bond donors (Lipinski definition) is 1. The predicted octanol–water partition coefficient (Wildman–Crippen LogP) is 6.92. The number of nitrogens with zero attached hydrogens (tertiary/aromatic N) is 3. The van der Waals surface area contributed by atoms with Crippen LogP contribution in [0.1, 0.15) is 82.0 Å². The monoisotopic (exact) mass is 595 g/mol. The smallest absolute Gasteiger partial charge is 0.380 e. The Kier molecular flexibility index (Phi) is 6.98. The van der Waals surface area contributed by atoms with E-state index in [1.54, 1.807) is 0 Å². The number of carbonyl (C=O) groups excluding carboxylic acids is 1. The molecule has 0 saturated heterocycles. The Hall–Kier alpha value is -2.77. The second kappa shape index (κ2) is 9.63. The minimum atomic E-state index is -4.84. The van der Waals surface area contributed by atoms with E-state index < -0.39 is 70.8 Å². The maximum absolute atomic E-state index is 13.7. The van der Waals surface area contributed by atoms with E-state index in [1.165, 1.54) is 17.0 Å². The number of aromatic nitrogens is 2. The summed E-state index contributed by atoms with van der Waals surface area (Å²) in [5.41, 5.74) is -4.94. The van der Waals surface area contributed by atoms with Crippen molar-refractivity contribution in [3.63, 3.8) is 0 Å². The van der Waals surface area contributed by atoms with Gasteiger partial charge in [-0.15, -0.1) is 0 Å². The molecule has 4 saturated carbocycles. The van der Waals surface area contributed by atoms with Gasteiger partial charge < -0.3 is 14.5 Å². The molecule has 1 amide bonds. The van der Waals surface area contributed by atoms with Gasteiger partial charge in [0.2, 0.25) is 5.91 Å². The minimum absolute atomic E-state index is 0.0139. The first-order chi connectivity index (χ1) is 18.8. The first kappa shape index (κ1) is 29.7. The van der Waals surface area contributed by atoms with E-state index in [4.69, 9.17) is 4.52 Å². The van der Waals surface area contributed by atoms with Gasteiger partial charge in [-0.3, -0.25) is 4.79 Å². The van der Waals surface area contributed by atoms with Gasteiger partial charge in [-0.1, -0.05) is 11.2 Å². The average molecular weight is 596 g/mol. The Morgan fingerprint density at radius 3 is 2.15 bits per heavy atom. The van der Waals surface area contributed by atoms with Gasteiger partial charge in [0.15, 0.2) is 11.4 Å². The molecule has 0 atom stereocenters. The quantitative estimate of drug-likeness (QED) is 0.352. The molecular weight excluding hydrogens is 566 g/mol. The van der Waals surface area contributed by atoms with Crippen molar-refractivity contribution in [2.75, 3.05) is 11.4 Å². The third-order valence-corrected chi connectivity index (χ3v) is 9.20. The predicted molar refractivity (Wildman–Crippen MR) is 128 cm³/mol. The molecule has 226 valence electrons. The van der Waals surface area contributed by atoms with Crippen molar-refractivity contribution < 1.29 is 49.5 Å². The van der Waals surface area contributed by atoms with E-state index >= 15 is 0 Å².